The summed E-state index contributed by atoms with van der Waals surface area (Å²) in [5, 5.41) is 12.4. The van der Waals surface area contributed by atoms with Gasteiger partial charge in [-0.05, 0) is 31.9 Å². The van der Waals surface area contributed by atoms with Crippen LogP contribution < -0.4 is 10.1 Å². The quantitative estimate of drug-likeness (QED) is 0.876. The van der Waals surface area contributed by atoms with Crippen LogP contribution in [0.1, 0.15) is 33.1 Å². The van der Waals surface area contributed by atoms with E-state index in [-0.39, 0.29) is 24.0 Å². The number of hydrogen-bond donors (Lipinski definition) is 2. The molecule has 1 aromatic rings. The third-order valence-corrected chi connectivity index (χ3v) is 4.24. The molecular weight excluding hydrogens is 273 g/mol. The Morgan fingerprint density at radius 1 is 1.62 bits per heavy atom. The van der Waals surface area contributed by atoms with Crippen molar-refractivity contribution in [3.63, 3.8) is 0 Å². The van der Waals surface area contributed by atoms with E-state index in [1.807, 2.05) is 6.92 Å². The molecule has 21 heavy (non-hydrogen) atoms. The highest BCUT2D eigenvalue weighted by molar-refractivity contribution is 5.81. The zero-order valence-corrected chi connectivity index (χ0v) is 12.4. The molecule has 5 heteroatoms. The van der Waals surface area contributed by atoms with Gasteiger partial charge >= 0.3 is 0 Å². The third kappa shape index (κ3) is 3.73. The Morgan fingerprint density at radius 3 is 3.05 bits per heavy atom. The van der Waals surface area contributed by atoms with Gasteiger partial charge < -0.3 is 15.2 Å². The summed E-state index contributed by atoms with van der Waals surface area (Å²) in [5.41, 5.74) is -0.270. The van der Waals surface area contributed by atoms with Gasteiger partial charge in [0.15, 0.2) is 6.10 Å². The van der Waals surface area contributed by atoms with Gasteiger partial charge in [0.25, 0.3) is 5.91 Å². The number of aliphatic hydroxyl groups is 1. The van der Waals surface area contributed by atoms with Crippen LogP contribution in [0.3, 0.4) is 0 Å². The predicted octanol–water partition coefficient (Wildman–Crippen LogP) is 2.26. The van der Waals surface area contributed by atoms with Crippen LogP contribution in [-0.4, -0.2) is 29.8 Å². The lowest BCUT2D eigenvalue weighted by molar-refractivity contribution is -0.128. The van der Waals surface area contributed by atoms with Crippen molar-refractivity contribution in [2.75, 3.05) is 6.61 Å². The van der Waals surface area contributed by atoms with E-state index in [4.69, 9.17) is 4.74 Å². The van der Waals surface area contributed by atoms with Gasteiger partial charge in [-0.2, -0.15) is 0 Å². The van der Waals surface area contributed by atoms with Crippen molar-refractivity contribution in [2.24, 2.45) is 5.41 Å². The van der Waals surface area contributed by atoms with E-state index in [0.29, 0.717) is 5.75 Å². The molecular formula is C16H22FNO3. The van der Waals surface area contributed by atoms with Crippen LogP contribution in [0.25, 0.3) is 0 Å². The van der Waals surface area contributed by atoms with E-state index in [2.05, 4.69) is 5.32 Å². The van der Waals surface area contributed by atoms with E-state index in [0.717, 1.165) is 19.3 Å². The molecule has 1 aliphatic rings. The number of ether oxygens (including phenoxy) is 1. The molecule has 0 radical (unpaired) electrons. The Balaban J connectivity index is 1.94. The van der Waals surface area contributed by atoms with Crippen molar-refractivity contribution in [1.82, 2.24) is 5.32 Å². The maximum Gasteiger partial charge on any atom is 0.261 e. The molecule has 1 aromatic carbocycles. The second-order valence-electron chi connectivity index (χ2n) is 5.98. The highest BCUT2D eigenvalue weighted by Gasteiger charge is 2.39. The van der Waals surface area contributed by atoms with Crippen LogP contribution in [0.2, 0.25) is 0 Å². The summed E-state index contributed by atoms with van der Waals surface area (Å²) in [7, 11) is 0. The Kier molecular flexibility index (Phi) is 4.83. The topological polar surface area (TPSA) is 58.6 Å². The maximum absolute atomic E-state index is 13.1. The number of aliphatic hydroxyl groups excluding tert-OH is 1. The Labute approximate surface area is 124 Å². The molecule has 0 heterocycles. The first-order valence-corrected chi connectivity index (χ1v) is 7.28. The van der Waals surface area contributed by atoms with Crippen LogP contribution in [0.5, 0.6) is 5.75 Å². The van der Waals surface area contributed by atoms with Crippen molar-refractivity contribution < 1.29 is 19.0 Å². The molecule has 116 valence electrons. The Bertz CT molecular complexity index is 508. The van der Waals surface area contributed by atoms with E-state index in [1.165, 1.54) is 18.2 Å². The highest BCUT2D eigenvalue weighted by Crippen LogP contribution is 2.37. The fourth-order valence-electron chi connectivity index (χ4n) is 2.76. The number of rotatable bonds is 5. The number of amides is 1. The van der Waals surface area contributed by atoms with Gasteiger partial charge in [0, 0.05) is 17.5 Å². The molecule has 0 saturated heterocycles. The summed E-state index contributed by atoms with van der Waals surface area (Å²) in [5.74, 6) is -0.316. The lowest BCUT2D eigenvalue weighted by Gasteiger charge is -2.31. The van der Waals surface area contributed by atoms with Crippen molar-refractivity contribution in [3.8, 4) is 5.75 Å². The van der Waals surface area contributed by atoms with E-state index >= 15 is 0 Å². The Hall–Kier alpha value is -1.62. The molecule has 0 spiro atoms. The molecule has 2 rings (SSSR count). The second-order valence-corrected chi connectivity index (χ2v) is 5.98. The number of halogens is 1. The lowest BCUT2D eigenvalue weighted by atomic mass is 9.85. The fraction of sp³-hybridized carbons (Fsp3) is 0.562. The smallest absolute Gasteiger partial charge is 0.261 e. The molecule has 3 atom stereocenters. The first-order valence-electron chi connectivity index (χ1n) is 7.28. The molecule has 1 saturated carbocycles. The van der Waals surface area contributed by atoms with Crippen molar-refractivity contribution in [2.45, 2.75) is 45.3 Å². The second kappa shape index (κ2) is 6.43. The summed E-state index contributed by atoms with van der Waals surface area (Å²) in [4.78, 5) is 12.2. The molecule has 1 fully saturated rings. The standard InChI is InChI=1S/C16H22FNO3/c1-11(21-13-6-3-5-12(17)9-13)15(20)18-14-7-4-8-16(14,2)10-19/h3,5-6,9,11,14,19H,4,7-8,10H2,1-2H3,(H,18,20). The summed E-state index contributed by atoms with van der Waals surface area (Å²) in [6, 6.07) is 5.67. The lowest BCUT2D eigenvalue weighted by Crippen LogP contribution is -2.48. The van der Waals surface area contributed by atoms with Gasteiger partial charge in [-0.3, -0.25) is 4.79 Å². The summed E-state index contributed by atoms with van der Waals surface area (Å²) < 4.78 is 18.5. The minimum atomic E-state index is -0.713. The normalized spacial score (nSPS) is 26.4. The minimum Gasteiger partial charge on any atom is -0.481 e. The molecule has 3 unspecified atom stereocenters. The molecule has 1 amide bonds. The molecule has 0 aromatic heterocycles. The summed E-state index contributed by atoms with van der Waals surface area (Å²) in [6.07, 6.45) is 2.03. The van der Waals surface area contributed by atoms with Crippen LogP contribution >= 0.6 is 0 Å². The first-order chi connectivity index (χ1) is 9.94. The van der Waals surface area contributed by atoms with Gasteiger partial charge in [-0.1, -0.05) is 19.4 Å². The molecule has 1 aliphatic carbocycles. The van der Waals surface area contributed by atoms with Crippen LogP contribution in [0.15, 0.2) is 24.3 Å². The highest BCUT2D eigenvalue weighted by atomic mass is 19.1. The molecule has 2 N–H and O–H groups in total. The SMILES string of the molecule is CC(Oc1cccc(F)c1)C(=O)NC1CCCC1(C)CO. The van der Waals surface area contributed by atoms with Crippen molar-refractivity contribution in [1.29, 1.82) is 0 Å². The number of carbonyl (C=O) groups is 1. The van der Waals surface area contributed by atoms with Crippen molar-refractivity contribution in [3.05, 3.63) is 30.1 Å². The predicted molar refractivity (Wildman–Crippen MR) is 77.5 cm³/mol. The maximum atomic E-state index is 13.1. The average Bonchev–Trinajstić information content (AvgIpc) is 2.81. The third-order valence-electron chi connectivity index (χ3n) is 4.24. The van der Waals surface area contributed by atoms with Gasteiger partial charge in [-0.15, -0.1) is 0 Å². The van der Waals surface area contributed by atoms with Crippen molar-refractivity contribution >= 4 is 5.91 Å². The van der Waals surface area contributed by atoms with Crippen LogP contribution in [0.4, 0.5) is 4.39 Å². The molecule has 0 aliphatic heterocycles. The van der Waals surface area contributed by atoms with Crippen LogP contribution in [-0.2, 0) is 4.79 Å². The number of nitrogens with one attached hydrogen (secondary N) is 1. The first kappa shape index (κ1) is 15.8. The number of hydrogen-bond acceptors (Lipinski definition) is 3. The van der Waals surface area contributed by atoms with Crippen LogP contribution in [0, 0.1) is 11.2 Å². The fourth-order valence-corrected chi connectivity index (χ4v) is 2.76. The van der Waals surface area contributed by atoms with Gasteiger partial charge in [-0.25, -0.2) is 4.39 Å². The average molecular weight is 295 g/mol. The van der Waals surface area contributed by atoms with E-state index in [9.17, 15) is 14.3 Å². The number of carbonyl (C=O) groups excluding carboxylic acids is 1. The van der Waals surface area contributed by atoms with E-state index < -0.39 is 11.9 Å². The molecule has 4 nitrogen and oxygen atoms in total. The minimum absolute atomic E-state index is 0.0476. The van der Waals surface area contributed by atoms with Gasteiger partial charge in [0.2, 0.25) is 0 Å². The molecule has 0 bridgehead atoms. The zero-order valence-electron chi connectivity index (χ0n) is 12.4. The zero-order chi connectivity index (χ0) is 15.5. The summed E-state index contributed by atoms with van der Waals surface area (Å²) in [6.45, 7) is 3.66. The van der Waals surface area contributed by atoms with E-state index in [1.54, 1.807) is 13.0 Å². The number of benzene rings is 1. The van der Waals surface area contributed by atoms with Gasteiger partial charge in [0.05, 0.1) is 6.61 Å². The monoisotopic (exact) mass is 295 g/mol. The van der Waals surface area contributed by atoms with Gasteiger partial charge in [0.1, 0.15) is 11.6 Å². The summed E-state index contributed by atoms with van der Waals surface area (Å²) >= 11 is 0. The Morgan fingerprint density at radius 2 is 2.38 bits per heavy atom. The largest absolute Gasteiger partial charge is 0.481 e.